The summed E-state index contributed by atoms with van der Waals surface area (Å²) in [4.78, 5) is 74.3. The third-order valence-electron chi connectivity index (χ3n) is 19.2. The number of phosphoric acid groups is 5. The molecule has 0 saturated carbocycles. The van der Waals surface area contributed by atoms with E-state index in [2.05, 4.69) is 15.3 Å². The second-order valence-electron chi connectivity index (χ2n) is 29.4. The summed E-state index contributed by atoms with van der Waals surface area (Å²) in [7, 11) is -23.9. The number of aromatic nitrogens is 3. The van der Waals surface area contributed by atoms with Crippen molar-refractivity contribution in [1.29, 1.82) is 0 Å². The molecule has 45 nitrogen and oxygen atoms in total. The summed E-state index contributed by atoms with van der Waals surface area (Å²) < 4.78 is 179. The molecule has 1 amide bonds. The average molecular weight is 1810 g/mol. The van der Waals surface area contributed by atoms with Crippen LogP contribution in [0.4, 0.5) is 5.69 Å². The third kappa shape index (κ3) is 36.6. The molecule has 2 aromatic heterocycles. The summed E-state index contributed by atoms with van der Waals surface area (Å²) in [5.41, 5.74) is 5.37. The lowest BCUT2D eigenvalue weighted by Gasteiger charge is -2.42. The van der Waals surface area contributed by atoms with Crippen LogP contribution in [0.1, 0.15) is 144 Å². The first-order valence-electron chi connectivity index (χ1n) is 39.6. The lowest BCUT2D eigenvalue weighted by Crippen LogP contribution is -2.64. The van der Waals surface area contributed by atoms with E-state index in [4.69, 9.17) is 98.3 Å². The Bertz CT molecular complexity index is 3340. The maximum absolute atomic E-state index is 14.2. The van der Waals surface area contributed by atoms with Gasteiger partial charge in [-0.1, -0.05) is 52.4 Å². The summed E-state index contributed by atoms with van der Waals surface area (Å²) in [6.07, 6.45) is -9.99. The fourth-order valence-electron chi connectivity index (χ4n) is 12.7. The molecule has 4 saturated heterocycles. The van der Waals surface area contributed by atoms with Crippen LogP contribution in [0.5, 0.6) is 0 Å². The van der Waals surface area contributed by atoms with Gasteiger partial charge in [-0.25, -0.2) is 32.8 Å². The number of ether oxygens (including phenoxy) is 10. The standard InChI is InChI=1S/C68H126N5O40P5/c1-45(2)112-118(92,93)113-50-35-55(73-44-71-56-49(69)21-22-70-64(56)73)108-54(50)39-106-117(90,91)107-43-68(40-94-23-18-32-103-114(84,85)100-29-15-9-6-12-26-97-65-46(3)58(78)60(80)51(36-74)109-65,41-95-24-19-33-104-115(86,87)101-30-16-10-7-13-27-98-66-47(4)59(79)61(81)52(37-75)110-66)42-96-25-20-34-105-116(88,89)102-31-17-11-8-14-28-99-67-57(72-48(5)77)63(83)62(82)53(38-76)111-67/h21-22,44-47,50-55,57-63,65-67,74-76,78-83H,6-20,23-43H2,1-5H3,(H2,69,70)(H,72,77)(H,84,85)(H,86,87)(H,88,89)(H,90,91)(H,92,93)/t46?,47?,50?,51?,52?,53?,54-,55-,57?,58-,59-,60+,61+,62+,63-,65-,66-,67-,68?/m1/s1. The number of hydrogen-bond donors (Lipinski definition) is 16. The number of anilines is 1. The van der Waals surface area contributed by atoms with E-state index >= 15 is 0 Å². The Balaban J connectivity index is 1.06. The largest absolute Gasteiger partial charge is 0.472 e. The number of nitrogen functional groups attached to an aromatic ring is 1. The fraction of sp³-hybridized carbons (Fsp3) is 0.897. The number of nitrogens with one attached hydrogen (secondary N) is 1. The summed E-state index contributed by atoms with van der Waals surface area (Å²) in [5.74, 6) is -1.64. The van der Waals surface area contributed by atoms with Crippen LogP contribution in [0.2, 0.25) is 0 Å². The van der Waals surface area contributed by atoms with Gasteiger partial charge in [0.05, 0.1) is 128 Å². The van der Waals surface area contributed by atoms with Gasteiger partial charge in [-0.3, -0.25) is 54.6 Å². The highest BCUT2D eigenvalue weighted by Crippen LogP contribution is 2.52. The molecule has 50 heteroatoms. The van der Waals surface area contributed by atoms with Crippen molar-refractivity contribution in [3.05, 3.63) is 18.6 Å². The van der Waals surface area contributed by atoms with Gasteiger partial charge in [0, 0.05) is 71.0 Å². The van der Waals surface area contributed by atoms with Crippen LogP contribution >= 0.6 is 39.1 Å². The van der Waals surface area contributed by atoms with Gasteiger partial charge < -0.3 is 129 Å². The number of phosphoric ester groups is 5. The van der Waals surface area contributed by atoms with Gasteiger partial charge in [-0.2, -0.15) is 0 Å². The quantitative estimate of drug-likeness (QED) is 0.0334. The van der Waals surface area contributed by atoms with Gasteiger partial charge in [0.2, 0.25) is 5.91 Å². The number of imidazole rings is 1. The number of nitrogens with zero attached hydrogens (tertiary/aromatic N) is 3. The van der Waals surface area contributed by atoms with E-state index in [0.717, 1.165) is 0 Å². The molecule has 0 aromatic carbocycles. The summed E-state index contributed by atoms with van der Waals surface area (Å²) in [5, 5.41) is 92.8. The highest BCUT2D eigenvalue weighted by Gasteiger charge is 2.48. The minimum absolute atomic E-state index is 0.0437. The Kier molecular flexibility index (Phi) is 46.7. The molecule has 17 N–H and O–H groups in total. The van der Waals surface area contributed by atoms with Crippen molar-refractivity contribution in [3.63, 3.8) is 0 Å². The van der Waals surface area contributed by atoms with Crippen LogP contribution in [0.15, 0.2) is 18.6 Å². The van der Waals surface area contributed by atoms with E-state index in [9.17, 15) is 98.0 Å². The molecule has 0 spiro atoms. The van der Waals surface area contributed by atoms with Gasteiger partial charge >= 0.3 is 39.1 Å². The number of fused-ring (bicyclic) bond motifs is 1. The molecule has 4 aliphatic rings. The average Bonchev–Trinajstić information content (AvgIpc) is 1.61. The number of pyridine rings is 1. The van der Waals surface area contributed by atoms with Crippen molar-refractivity contribution in [3.8, 4) is 0 Å². The number of carbonyl (C=O) groups excluding carboxylic acids is 1. The SMILES string of the molecule is CC(=O)NC1[C@H](OCCCCCCOP(=O)(O)OCCCOCC(COCCCOP(=O)(O)OCCCCCCO[C@@H]2OC(CO)[C@H](O)[C@H](O)C2C)(COCCCOP(=O)(O)OCCCCCCO[C@@H]2OC(CO)[C@H](O)[C@H](O)C2C)COP(=O)(O)OC[C@H]2O[C@@H](n3cnc4c(N)ccnc43)CC2OP(=O)(O)OC(C)C)OC(CO)[C@H](O)[C@@H]1O. The van der Waals surface area contributed by atoms with Crippen molar-refractivity contribution in [2.45, 2.75) is 242 Å². The van der Waals surface area contributed by atoms with Crippen molar-refractivity contribution >= 4 is 61.9 Å². The third-order valence-corrected chi connectivity index (χ3v) is 24.4. The molecule has 6 heterocycles. The van der Waals surface area contributed by atoms with Gasteiger partial charge in [-0.05, 0) is 77.7 Å². The van der Waals surface area contributed by atoms with Crippen molar-refractivity contribution in [2.24, 2.45) is 17.3 Å². The Morgan fingerprint density at radius 2 is 0.890 bits per heavy atom. The first-order valence-corrected chi connectivity index (χ1v) is 47.0. The highest BCUT2D eigenvalue weighted by atomic mass is 31.2. The minimum atomic E-state index is -5.28. The molecule has 2 aromatic rings. The summed E-state index contributed by atoms with van der Waals surface area (Å²) >= 11 is 0. The van der Waals surface area contributed by atoms with Crippen molar-refractivity contribution < 1.29 is 191 Å². The van der Waals surface area contributed by atoms with E-state index in [0.29, 0.717) is 82.6 Å². The van der Waals surface area contributed by atoms with E-state index < -0.39 is 226 Å². The summed E-state index contributed by atoms with van der Waals surface area (Å²) in [6, 6.07) is 0.407. The molecule has 0 bridgehead atoms. The molecule has 12 unspecified atom stereocenters. The zero-order valence-corrected chi connectivity index (χ0v) is 71.7. The summed E-state index contributed by atoms with van der Waals surface area (Å²) in [6.45, 7) is 1.17. The Hall–Kier alpha value is -2.32. The number of rotatable bonds is 63. The van der Waals surface area contributed by atoms with Gasteiger partial charge in [0.1, 0.15) is 72.7 Å². The van der Waals surface area contributed by atoms with Gasteiger partial charge in [-0.15, -0.1) is 0 Å². The lowest BCUT2D eigenvalue weighted by molar-refractivity contribution is -0.282. The minimum Gasteiger partial charge on any atom is -0.397 e. The predicted molar refractivity (Wildman–Crippen MR) is 410 cm³/mol. The number of unbranched alkanes of at least 4 members (excludes halogenated alkanes) is 9. The first kappa shape index (κ1) is 104. The molecule has 688 valence electrons. The second kappa shape index (κ2) is 52.7. The highest BCUT2D eigenvalue weighted by molar-refractivity contribution is 7.48. The molecule has 4 fully saturated rings. The Morgan fingerprint density at radius 3 is 1.31 bits per heavy atom. The van der Waals surface area contributed by atoms with Crippen LogP contribution in [0.3, 0.4) is 0 Å². The smallest absolute Gasteiger partial charge is 0.397 e. The molecular weight excluding hydrogens is 1680 g/mol. The van der Waals surface area contributed by atoms with Crippen LogP contribution < -0.4 is 11.1 Å². The number of nitrogens with two attached hydrogens (primary N) is 1. The molecule has 118 heavy (non-hydrogen) atoms. The number of amides is 1. The maximum Gasteiger partial charge on any atom is 0.472 e. The van der Waals surface area contributed by atoms with E-state index in [1.54, 1.807) is 13.8 Å². The van der Waals surface area contributed by atoms with E-state index in [1.165, 1.54) is 43.9 Å². The normalized spacial score (nSPS) is 29.6. The van der Waals surface area contributed by atoms with Crippen LogP contribution in [-0.2, 0) is 120 Å². The molecular formula is C68H126N5O40P5. The second-order valence-corrected chi connectivity index (χ2v) is 36.6. The zero-order valence-electron chi connectivity index (χ0n) is 67.2. The number of hydrogen-bond acceptors (Lipinski definition) is 38. The van der Waals surface area contributed by atoms with Crippen LogP contribution in [0, 0.1) is 17.3 Å². The fourth-order valence-corrected chi connectivity index (χ4v) is 17.1. The van der Waals surface area contributed by atoms with Crippen molar-refractivity contribution in [2.75, 3.05) is 138 Å². The molecule has 6 rings (SSSR count). The van der Waals surface area contributed by atoms with Crippen LogP contribution in [-0.4, -0.2) is 321 Å². The number of aliphatic hydroxyl groups excluding tert-OH is 9. The predicted octanol–water partition coefficient (Wildman–Crippen LogP) is 2.78. The van der Waals surface area contributed by atoms with Gasteiger partial charge in [0.25, 0.3) is 0 Å². The monoisotopic (exact) mass is 1810 g/mol. The number of aliphatic hydroxyl groups is 9. The topological polar surface area (TPSA) is 639 Å². The zero-order chi connectivity index (χ0) is 86.7. The van der Waals surface area contributed by atoms with E-state index in [-0.39, 0.29) is 110 Å². The Morgan fingerprint density at radius 1 is 0.500 bits per heavy atom. The maximum atomic E-state index is 14.2. The van der Waals surface area contributed by atoms with Crippen LogP contribution in [0.25, 0.3) is 11.2 Å². The van der Waals surface area contributed by atoms with Gasteiger partial charge in [0.15, 0.2) is 24.5 Å². The number of carbonyl (C=O) groups is 1. The first-order chi connectivity index (χ1) is 55.9. The Labute approximate surface area is 685 Å². The molecule has 0 aliphatic carbocycles. The van der Waals surface area contributed by atoms with Crippen molar-refractivity contribution in [1.82, 2.24) is 19.9 Å². The lowest BCUT2D eigenvalue weighted by atomic mass is 9.92. The molecule has 4 aliphatic heterocycles. The molecule has 23 atom stereocenters. The van der Waals surface area contributed by atoms with E-state index in [1.807, 2.05) is 0 Å². The molecule has 0 radical (unpaired) electrons.